The Balaban J connectivity index is 1.73. The lowest BCUT2D eigenvalue weighted by Crippen LogP contribution is -2.45. The first-order chi connectivity index (χ1) is 9.56. The van der Waals surface area contributed by atoms with Crippen LogP contribution < -0.4 is 10.6 Å². The zero-order chi connectivity index (χ0) is 14.5. The number of carbonyl (C=O) groups is 2. The molecule has 0 saturated heterocycles. The molecule has 3 atom stereocenters. The Morgan fingerprint density at radius 2 is 2.30 bits per heavy atom. The van der Waals surface area contributed by atoms with Crippen molar-refractivity contribution in [3.05, 3.63) is 22.4 Å². The number of carbonyl (C=O) groups excluding carboxylic acids is 2. The zero-order valence-electron chi connectivity index (χ0n) is 11.5. The highest BCUT2D eigenvalue weighted by Crippen LogP contribution is 2.24. The highest BCUT2D eigenvalue weighted by atomic mass is 32.1. The SMILES string of the molecule is CC(NC(=O)c1cccs1)C(=O)NCC1CCC(O)C1. The fourth-order valence-corrected chi connectivity index (χ4v) is 3.00. The van der Waals surface area contributed by atoms with E-state index in [-0.39, 0.29) is 17.9 Å². The van der Waals surface area contributed by atoms with Crippen molar-refractivity contribution in [3.8, 4) is 0 Å². The summed E-state index contributed by atoms with van der Waals surface area (Å²) in [6.07, 6.45) is 2.27. The standard InChI is InChI=1S/C14H20N2O3S/c1-9(16-14(19)12-3-2-6-20-12)13(18)15-8-10-4-5-11(17)7-10/h2-3,6,9-11,17H,4-5,7-8H2,1H3,(H,15,18)(H,16,19). The van der Waals surface area contributed by atoms with Gasteiger partial charge in [-0.05, 0) is 43.6 Å². The maximum Gasteiger partial charge on any atom is 0.261 e. The number of aliphatic hydroxyl groups excluding tert-OH is 1. The van der Waals surface area contributed by atoms with Crippen LogP contribution in [0.3, 0.4) is 0 Å². The lowest BCUT2D eigenvalue weighted by Gasteiger charge is -2.16. The third-order valence-electron chi connectivity index (χ3n) is 3.56. The van der Waals surface area contributed by atoms with Crippen LogP contribution in [0.2, 0.25) is 0 Å². The first-order valence-corrected chi connectivity index (χ1v) is 7.74. The van der Waals surface area contributed by atoms with Crippen molar-refractivity contribution in [3.63, 3.8) is 0 Å². The molecule has 1 aliphatic rings. The Morgan fingerprint density at radius 1 is 1.50 bits per heavy atom. The summed E-state index contributed by atoms with van der Waals surface area (Å²) in [6, 6.07) is 2.97. The molecule has 0 spiro atoms. The van der Waals surface area contributed by atoms with Gasteiger partial charge >= 0.3 is 0 Å². The molecule has 0 bridgehead atoms. The Labute approximate surface area is 122 Å². The van der Waals surface area contributed by atoms with Crippen molar-refractivity contribution in [1.29, 1.82) is 0 Å². The summed E-state index contributed by atoms with van der Waals surface area (Å²) in [5.41, 5.74) is 0. The predicted molar refractivity (Wildman–Crippen MR) is 77.6 cm³/mol. The second kappa shape index (κ2) is 6.85. The average molecular weight is 296 g/mol. The number of rotatable bonds is 5. The van der Waals surface area contributed by atoms with Gasteiger partial charge in [0.15, 0.2) is 0 Å². The normalized spacial score (nSPS) is 23.3. The fourth-order valence-electron chi connectivity index (χ4n) is 2.37. The summed E-state index contributed by atoms with van der Waals surface area (Å²) in [7, 11) is 0. The van der Waals surface area contributed by atoms with Gasteiger partial charge in [0, 0.05) is 6.54 Å². The third-order valence-corrected chi connectivity index (χ3v) is 4.43. The van der Waals surface area contributed by atoms with Crippen LogP contribution in [0.1, 0.15) is 35.9 Å². The largest absolute Gasteiger partial charge is 0.393 e. The maximum absolute atomic E-state index is 11.9. The molecule has 110 valence electrons. The molecule has 0 aliphatic heterocycles. The van der Waals surface area contributed by atoms with E-state index in [0.29, 0.717) is 17.3 Å². The van der Waals surface area contributed by atoms with Gasteiger partial charge in [0.1, 0.15) is 6.04 Å². The van der Waals surface area contributed by atoms with Gasteiger partial charge in [-0.3, -0.25) is 9.59 Å². The zero-order valence-corrected chi connectivity index (χ0v) is 12.3. The predicted octanol–water partition coefficient (Wildman–Crippen LogP) is 1.14. The van der Waals surface area contributed by atoms with E-state index in [1.165, 1.54) is 11.3 Å². The molecule has 3 unspecified atom stereocenters. The van der Waals surface area contributed by atoms with Gasteiger partial charge in [-0.2, -0.15) is 0 Å². The molecule has 5 nitrogen and oxygen atoms in total. The van der Waals surface area contributed by atoms with Gasteiger partial charge in [-0.1, -0.05) is 6.07 Å². The van der Waals surface area contributed by atoms with E-state index < -0.39 is 6.04 Å². The Kier molecular flexibility index (Phi) is 5.14. The third kappa shape index (κ3) is 4.05. The summed E-state index contributed by atoms with van der Waals surface area (Å²) in [4.78, 5) is 24.3. The molecule has 6 heteroatoms. The topological polar surface area (TPSA) is 78.4 Å². The van der Waals surface area contributed by atoms with E-state index in [1.807, 2.05) is 5.38 Å². The van der Waals surface area contributed by atoms with Gasteiger partial charge < -0.3 is 15.7 Å². The van der Waals surface area contributed by atoms with Crippen molar-refractivity contribution in [2.75, 3.05) is 6.54 Å². The molecular weight excluding hydrogens is 276 g/mol. The van der Waals surface area contributed by atoms with Gasteiger partial charge in [0.05, 0.1) is 11.0 Å². The molecule has 2 amide bonds. The molecule has 1 fully saturated rings. The molecule has 0 aromatic carbocycles. The van der Waals surface area contributed by atoms with Gasteiger partial charge in [0.25, 0.3) is 5.91 Å². The van der Waals surface area contributed by atoms with E-state index in [2.05, 4.69) is 10.6 Å². The first kappa shape index (κ1) is 15.0. The number of aliphatic hydroxyl groups is 1. The lowest BCUT2D eigenvalue weighted by atomic mass is 10.1. The average Bonchev–Trinajstić information content (AvgIpc) is 3.06. The summed E-state index contributed by atoms with van der Waals surface area (Å²) in [5, 5.41) is 16.8. The van der Waals surface area contributed by atoms with E-state index in [0.717, 1.165) is 19.3 Å². The summed E-state index contributed by atoms with van der Waals surface area (Å²) < 4.78 is 0. The number of hydrogen-bond donors (Lipinski definition) is 3. The molecule has 0 radical (unpaired) electrons. The van der Waals surface area contributed by atoms with Crippen LogP contribution in [0.5, 0.6) is 0 Å². The quantitative estimate of drug-likeness (QED) is 0.762. The smallest absolute Gasteiger partial charge is 0.261 e. The minimum absolute atomic E-state index is 0.184. The van der Waals surface area contributed by atoms with Crippen LogP contribution >= 0.6 is 11.3 Å². The molecule has 1 aliphatic carbocycles. The molecule has 20 heavy (non-hydrogen) atoms. The van der Waals surface area contributed by atoms with Crippen LogP contribution in [0.25, 0.3) is 0 Å². The van der Waals surface area contributed by atoms with Crippen LogP contribution in [-0.2, 0) is 4.79 Å². The Bertz CT molecular complexity index is 461. The first-order valence-electron chi connectivity index (χ1n) is 6.86. The van der Waals surface area contributed by atoms with Crippen molar-refractivity contribution in [2.45, 2.75) is 38.3 Å². The Hall–Kier alpha value is -1.40. The Morgan fingerprint density at radius 3 is 2.90 bits per heavy atom. The molecular formula is C14H20N2O3S. The number of hydrogen-bond acceptors (Lipinski definition) is 4. The van der Waals surface area contributed by atoms with Crippen molar-refractivity contribution in [1.82, 2.24) is 10.6 Å². The monoisotopic (exact) mass is 296 g/mol. The van der Waals surface area contributed by atoms with Gasteiger partial charge in [-0.25, -0.2) is 0 Å². The van der Waals surface area contributed by atoms with Crippen LogP contribution in [0.15, 0.2) is 17.5 Å². The number of nitrogens with one attached hydrogen (secondary N) is 2. The van der Waals surface area contributed by atoms with Crippen LogP contribution in [0.4, 0.5) is 0 Å². The molecule has 3 N–H and O–H groups in total. The van der Waals surface area contributed by atoms with E-state index in [1.54, 1.807) is 19.1 Å². The summed E-state index contributed by atoms with van der Waals surface area (Å²) in [6.45, 7) is 2.24. The summed E-state index contributed by atoms with van der Waals surface area (Å²) in [5.74, 6) is -0.0654. The van der Waals surface area contributed by atoms with E-state index in [9.17, 15) is 14.7 Å². The second-order valence-electron chi connectivity index (χ2n) is 5.25. The molecule has 1 heterocycles. The lowest BCUT2D eigenvalue weighted by molar-refractivity contribution is -0.122. The minimum Gasteiger partial charge on any atom is -0.393 e. The molecule has 2 rings (SSSR count). The second-order valence-corrected chi connectivity index (χ2v) is 6.20. The highest BCUT2D eigenvalue weighted by Gasteiger charge is 2.24. The molecule has 1 saturated carbocycles. The van der Waals surface area contributed by atoms with Crippen molar-refractivity contribution in [2.24, 2.45) is 5.92 Å². The van der Waals surface area contributed by atoms with Gasteiger partial charge in [-0.15, -0.1) is 11.3 Å². The van der Waals surface area contributed by atoms with Crippen LogP contribution in [-0.4, -0.2) is 35.6 Å². The van der Waals surface area contributed by atoms with Crippen LogP contribution in [0, 0.1) is 5.92 Å². The minimum atomic E-state index is -0.559. The maximum atomic E-state index is 11.9. The fraction of sp³-hybridized carbons (Fsp3) is 0.571. The van der Waals surface area contributed by atoms with Crippen molar-refractivity contribution >= 4 is 23.2 Å². The summed E-state index contributed by atoms with van der Waals surface area (Å²) >= 11 is 1.35. The number of amides is 2. The van der Waals surface area contributed by atoms with E-state index in [4.69, 9.17) is 0 Å². The van der Waals surface area contributed by atoms with Gasteiger partial charge in [0.2, 0.25) is 5.91 Å². The highest BCUT2D eigenvalue weighted by molar-refractivity contribution is 7.12. The molecule has 1 aromatic heterocycles. The van der Waals surface area contributed by atoms with Crippen molar-refractivity contribution < 1.29 is 14.7 Å². The molecule has 1 aromatic rings. The van der Waals surface area contributed by atoms with E-state index >= 15 is 0 Å². The number of thiophene rings is 1.